The molecule has 96 valence electrons. The maximum Gasteiger partial charge on any atom is 0.0673 e. The first-order valence-corrected chi connectivity index (χ1v) is 7.36. The van der Waals surface area contributed by atoms with Crippen molar-refractivity contribution in [2.24, 2.45) is 0 Å². The Morgan fingerprint density at radius 3 is 2.61 bits per heavy atom. The molecular formula is C16H21NS. The first kappa shape index (κ1) is 13.3. The van der Waals surface area contributed by atoms with Crippen molar-refractivity contribution in [3.05, 3.63) is 56.8 Å². The van der Waals surface area contributed by atoms with Crippen LogP contribution in [-0.2, 0) is 6.42 Å². The van der Waals surface area contributed by atoms with Crippen LogP contribution in [0.4, 0.5) is 0 Å². The minimum atomic E-state index is 0.320. The summed E-state index contributed by atoms with van der Waals surface area (Å²) >= 11 is 1.85. The third kappa shape index (κ3) is 2.50. The molecular weight excluding hydrogens is 238 g/mol. The standard InChI is InChI=1S/C16H21NS/c1-5-13-8-9-18-16(13)15(17-4)14-7-6-11(2)10-12(14)3/h6-10,15,17H,5H2,1-4H3. The fraction of sp³-hybridized carbons (Fsp3) is 0.375. The van der Waals surface area contributed by atoms with Gasteiger partial charge < -0.3 is 5.32 Å². The quantitative estimate of drug-likeness (QED) is 0.866. The maximum atomic E-state index is 3.47. The van der Waals surface area contributed by atoms with E-state index in [1.54, 1.807) is 0 Å². The molecule has 0 aliphatic rings. The number of benzene rings is 1. The molecule has 0 spiro atoms. The van der Waals surface area contributed by atoms with Gasteiger partial charge in [0.15, 0.2) is 0 Å². The lowest BCUT2D eigenvalue weighted by Gasteiger charge is -2.19. The highest BCUT2D eigenvalue weighted by molar-refractivity contribution is 7.10. The predicted octanol–water partition coefficient (Wildman–Crippen LogP) is 4.24. The molecule has 0 saturated carbocycles. The molecule has 0 saturated heterocycles. The molecule has 2 aromatic rings. The number of rotatable bonds is 4. The number of nitrogens with one attached hydrogen (secondary N) is 1. The first-order chi connectivity index (χ1) is 8.67. The van der Waals surface area contributed by atoms with Gasteiger partial charge in [-0.1, -0.05) is 30.7 Å². The van der Waals surface area contributed by atoms with E-state index in [4.69, 9.17) is 0 Å². The number of hydrogen-bond acceptors (Lipinski definition) is 2. The van der Waals surface area contributed by atoms with E-state index in [-0.39, 0.29) is 0 Å². The molecule has 0 amide bonds. The number of aryl methyl sites for hydroxylation is 3. The molecule has 0 bridgehead atoms. The van der Waals surface area contributed by atoms with Gasteiger partial charge in [0.2, 0.25) is 0 Å². The van der Waals surface area contributed by atoms with E-state index >= 15 is 0 Å². The van der Waals surface area contributed by atoms with Gasteiger partial charge in [-0.15, -0.1) is 11.3 Å². The van der Waals surface area contributed by atoms with Crippen molar-refractivity contribution in [1.29, 1.82) is 0 Å². The second kappa shape index (κ2) is 5.68. The smallest absolute Gasteiger partial charge is 0.0673 e. The van der Waals surface area contributed by atoms with Crippen LogP contribution >= 0.6 is 11.3 Å². The molecule has 0 aliphatic carbocycles. The van der Waals surface area contributed by atoms with Gasteiger partial charge in [0, 0.05) is 4.88 Å². The topological polar surface area (TPSA) is 12.0 Å². The summed E-state index contributed by atoms with van der Waals surface area (Å²) in [5.41, 5.74) is 5.54. The SMILES string of the molecule is CCc1ccsc1C(NC)c1ccc(C)cc1C. The van der Waals surface area contributed by atoms with Gasteiger partial charge in [-0.3, -0.25) is 0 Å². The average Bonchev–Trinajstić information content (AvgIpc) is 2.81. The van der Waals surface area contributed by atoms with Crippen LogP contribution in [-0.4, -0.2) is 7.05 Å². The van der Waals surface area contributed by atoms with Crippen LogP contribution in [0.15, 0.2) is 29.6 Å². The van der Waals surface area contributed by atoms with E-state index in [0.29, 0.717) is 6.04 Å². The van der Waals surface area contributed by atoms with Crippen LogP contribution in [0, 0.1) is 13.8 Å². The fourth-order valence-corrected chi connectivity index (χ4v) is 3.59. The monoisotopic (exact) mass is 259 g/mol. The Morgan fingerprint density at radius 2 is 2.00 bits per heavy atom. The van der Waals surface area contributed by atoms with E-state index in [1.165, 1.54) is 27.1 Å². The second-order valence-corrected chi connectivity index (χ2v) is 5.69. The molecule has 1 unspecified atom stereocenters. The van der Waals surface area contributed by atoms with Crippen LogP contribution < -0.4 is 5.32 Å². The van der Waals surface area contributed by atoms with Crippen molar-refractivity contribution in [1.82, 2.24) is 5.32 Å². The van der Waals surface area contributed by atoms with Crippen LogP contribution in [0.5, 0.6) is 0 Å². The third-order valence-electron chi connectivity index (χ3n) is 3.45. The van der Waals surface area contributed by atoms with E-state index in [9.17, 15) is 0 Å². The Hall–Kier alpha value is -1.12. The Balaban J connectivity index is 2.45. The molecule has 1 aromatic heterocycles. The molecule has 2 rings (SSSR count). The minimum Gasteiger partial charge on any atom is -0.309 e. The van der Waals surface area contributed by atoms with Crippen LogP contribution in [0.25, 0.3) is 0 Å². The van der Waals surface area contributed by atoms with Gasteiger partial charge in [-0.2, -0.15) is 0 Å². The lowest BCUT2D eigenvalue weighted by atomic mass is 9.96. The molecule has 0 aliphatic heterocycles. The van der Waals surface area contributed by atoms with Crippen LogP contribution in [0.1, 0.15) is 40.1 Å². The molecule has 1 heterocycles. The zero-order chi connectivity index (χ0) is 13.1. The van der Waals surface area contributed by atoms with Crippen molar-refractivity contribution >= 4 is 11.3 Å². The van der Waals surface area contributed by atoms with E-state index in [1.807, 2.05) is 18.4 Å². The molecule has 2 heteroatoms. The predicted molar refractivity (Wildman–Crippen MR) is 80.5 cm³/mol. The summed E-state index contributed by atoms with van der Waals surface area (Å²) in [6.07, 6.45) is 1.10. The van der Waals surface area contributed by atoms with Crippen molar-refractivity contribution in [3.8, 4) is 0 Å². The highest BCUT2D eigenvalue weighted by Gasteiger charge is 2.18. The third-order valence-corrected chi connectivity index (χ3v) is 4.47. The summed E-state index contributed by atoms with van der Waals surface area (Å²) in [7, 11) is 2.04. The fourth-order valence-electron chi connectivity index (χ4n) is 2.47. The maximum absolute atomic E-state index is 3.47. The summed E-state index contributed by atoms with van der Waals surface area (Å²) in [5, 5.41) is 5.66. The zero-order valence-corrected chi connectivity index (χ0v) is 12.4. The number of hydrogen-bond donors (Lipinski definition) is 1. The van der Waals surface area contributed by atoms with Gasteiger partial charge in [0.25, 0.3) is 0 Å². The Kier molecular flexibility index (Phi) is 4.20. The first-order valence-electron chi connectivity index (χ1n) is 6.48. The van der Waals surface area contributed by atoms with Crippen molar-refractivity contribution in [2.75, 3.05) is 7.05 Å². The van der Waals surface area contributed by atoms with Gasteiger partial charge >= 0.3 is 0 Å². The van der Waals surface area contributed by atoms with Gasteiger partial charge in [-0.25, -0.2) is 0 Å². The molecule has 0 fully saturated rings. The average molecular weight is 259 g/mol. The van der Waals surface area contributed by atoms with E-state index in [0.717, 1.165) is 6.42 Å². The zero-order valence-electron chi connectivity index (χ0n) is 11.6. The van der Waals surface area contributed by atoms with Gasteiger partial charge in [0.05, 0.1) is 6.04 Å². The van der Waals surface area contributed by atoms with E-state index < -0.39 is 0 Å². The molecule has 1 nitrogen and oxygen atoms in total. The van der Waals surface area contributed by atoms with E-state index in [2.05, 4.69) is 55.7 Å². The molecule has 1 atom stereocenters. The van der Waals surface area contributed by atoms with Crippen molar-refractivity contribution in [3.63, 3.8) is 0 Å². The van der Waals surface area contributed by atoms with Crippen LogP contribution in [0.3, 0.4) is 0 Å². The Morgan fingerprint density at radius 1 is 1.22 bits per heavy atom. The Bertz CT molecular complexity index is 528. The summed E-state index contributed by atoms with van der Waals surface area (Å²) in [4.78, 5) is 1.45. The largest absolute Gasteiger partial charge is 0.309 e. The molecule has 18 heavy (non-hydrogen) atoms. The lowest BCUT2D eigenvalue weighted by molar-refractivity contribution is 0.693. The molecule has 1 N–H and O–H groups in total. The second-order valence-electron chi connectivity index (χ2n) is 4.75. The normalized spacial score (nSPS) is 12.7. The highest BCUT2D eigenvalue weighted by Crippen LogP contribution is 2.31. The van der Waals surface area contributed by atoms with Gasteiger partial charge in [0.1, 0.15) is 0 Å². The summed E-state index contributed by atoms with van der Waals surface area (Å²) < 4.78 is 0. The lowest BCUT2D eigenvalue weighted by Crippen LogP contribution is -2.18. The summed E-state index contributed by atoms with van der Waals surface area (Å²) in [6, 6.07) is 9.28. The van der Waals surface area contributed by atoms with Crippen molar-refractivity contribution in [2.45, 2.75) is 33.2 Å². The van der Waals surface area contributed by atoms with Crippen molar-refractivity contribution < 1.29 is 0 Å². The molecule has 0 radical (unpaired) electrons. The summed E-state index contributed by atoms with van der Waals surface area (Å²) in [6.45, 7) is 6.57. The minimum absolute atomic E-state index is 0.320. The number of thiophene rings is 1. The van der Waals surface area contributed by atoms with Crippen LogP contribution in [0.2, 0.25) is 0 Å². The highest BCUT2D eigenvalue weighted by atomic mass is 32.1. The Labute approximate surface area is 114 Å². The molecule has 1 aromatic carbocycles. The summed E-state index contributed by atoms with van der Waals surface area (Å²) in [5.74, 6) is 0. The van der Waals surface area contributed by atoms with Gasteiger partial charge in [-0.05, 0) is 55.5 Å².